The van der Waals surface area contributed by atoms with Crippen molar-refractivity contribution in [3.05, 3.63) is 12.2 Å². The van der Waals surface area contributed by atoms with Gasteiger partial charge in [0, 0.05) is 6.42 Å². The van der Waals surface area contributed by atoms with Crippen LogP contribution in [0.15, 0.2) is 12.2 Å². The molecular weight excluding hydrogens is 647 g/mol. The lowest BCUT2D eigenvalue weighted by molar-refractivity contribution is -0.870. The molecule has 50 heavy (non-hydrogen) atoms. The largest absolute Gasteiger partial charge is 0.756 e. The van der Waals surface area contributed by atoms with Gasteiger partial charge < -0.3 is 28.8 Å². The summed E-state index contributed by atoms with van der Waals surface area (Å²) in [5.41, 5.74) is 0. The van der Waals surface area contributed by atoms with Crippen LogP contribution in [-0.2, 0) is 18.4 Å². The Morgan fingerprint density at radius 1 is 0.680 bits per heavy atom. The first-order valence-corrected chi connectivity index (χ1v) is 22.5. The average Bonchev–Trinajstić information content (AvgIpc) is 3.06. The minimum Gasteiger partial charge on any atom is -0.756 e. The lowest BCUT2D eigenvalue weighted by Gasteiger charge is -2.30. The number of phosphoric ester groups is 1. The topological polar surface area (TPSA) is 108 Å². The molecule has 0 aliphatic heterocycles. The molecule has 0 heterocycles. The number of aliphatic hydroxyl groups excluding tert-OH is 1. The number of hydrogen-bond donors (Lipinski definition) is 2. The van der Waals surface area contributed by atoms with Crippen molar-refractivity contribution in [3.63, 3.8) is 0 Å². The second kappa shape index (κ2) is 34.0. The third-order valence-corrected chi connectivity index (χ3v) is 10.5. The molecule has 0 rings (SSSR count). The second-order valence-corrected chi connectivity index (χ2v) is 17.1. The molecule has 8 nitrogen and oxygen atoms in total. The zero-order chi connectivity index (χ0) is 37.2. The summed E-state index contributed by atoms with van der Waals surface area (Å²) in [5.74, 6) is -0.179. The number of carbonyl (C=O) groups is 1. The Kier molecular flexibility index (Phi) is 33.5. The van der Waals surface area contributed by atoms with E-state index in [9.17, 15) is 19.4 Å². The monoisotopic (exact) mass is 731 g/mol. The minimum atomic E-state index is -4.56. The summed E-state index contributed by atoms with van der Waals surface area (Å²) in [7, 11) is 1.30. The molecule has 0 aromatic carbocycles. The molecule has 2 N–H and O–H groups in total. The van der Waals surface area contributed by atoms with Crippen LogP contribution in [0, 0.1) is 0 Å². The number of carbonyl (C=O) groups excluding carboxylic acids is 1. The van der Waals surface area contributed by atoms with E-state index in [2.05, 4.69) is 31.3 Å². The molecule has 0 aromatic heterocycles. The Balaban J connectivity index is 4.34. The smallest absolute Gasteiger partial charge is 0.268 e. The molecule has 9 heteroatoms. The van der Waals surface area contributed by atoms with E-state index in [1.807, 2.05) is 21.1 Å². The molecule has 0 spiro atoms. The Bertz CT molecular complexity index is 834. The van der Waals surface area contributed by atoms with Gasteiger partial charge in [0.1, 0.15) is 13.2 Å². The molecule has 298 valence electrons. The molecule has 0 saturated heterocycles. The number of nitrogens with one attached hydrogen (secondary N) is 1. The van der Waals surface area contributed by atoms with Crippen LogP contribution in [0.3, 0.4) is 0 Å². The second-order valence-electron chi connectivity index (χ2n) is 15.7. The van der Waals surface area contributed by atoms with Gasteiger partial charge in [-0.2, -0.15) is 0 Å². The van der Waals surface area contributed by atoms with Crippen molar-refractivity contribution in [1.29, 1.82) is 0 Å². The van der Waals surface area contributed by atoms with E-state index < -0.39 is 20.0 Å². The summed E-state index contributed by atoms with van der Waals surface area (Å²) < 4.78 is 23.2. The third-order valence-electron chi connectivity index (χ3n) is 9.50. The summed E-state index contributed by atoms with van der Waals surface area (Å²) in [6.45, 7) is 4.66. The fourth-order valence-corrected chi connectivity index (χ4v) is 6.80. The van der Waals surface area contributed by atoms with Crippen LogP contribution in [-0.4, -0.2) is 68.5 Å². The van der Waals surface area contributed by atoms with Gasteiger partial charge in [-0.1, -0.05) is 167 Å². The Morgan fingerprint density at radius 2 is 1.12 bits per heavy atom. The molecule has 0 bridgehead atoms. The van der Waals surface area contributed by atoms with Gasteiger partial charge in [0.25, 0.3) is 7.82 Å². The quantitative estimate of drug-likeness (QED) is 0.0283. The number of nitrogens with zero attached hydrogens (tertiary/aromatic N) is 1. The van der Waals surface area contributed by atoms with E-state index in [0.29, 0.717) is 23.9 Å². The van der Waals surface area contributed by atoms with Gasteiger partial charge in [-0.05, 0) is 32.1 Å². The first-order chi connectivity index (χ1) is 24.0. The minimum absolute atomic E-state index is 0.0116. The van der Waals surface area contributed by atoms with Gasteiger partial charge in [0.2, 0.25) is 5.91 Å². The van der Waals surface area contributed by atoms with Crippen LogP contribution >= 0.6 is 7.82 Å². The van der Waals surface area contributed by atoms with E-state index in [1.165, 1.54) is 109 Å². The Labute approximate surface area is 310 Å². The predicted molar refractivity (Wildman–Crippen MR) is 210 cm³/mol. The third kappa shape index (κ3) is 35.6. The molecule has 0 fully saturated rings. The number of hydrogen-bond acceptors (Lipinski definition) is 6. The number of quaternary nitrogens is 1. The number of likely N-dealkylation sites (N-methyl/N-ethyl adjacent to an activating group) is 1. The maximum Gasteiger partial charge on any atom is 0.268 e. The van der Waals surface area contributed by atoms with Gasteiger partial charge in [-0.15, -0.1) is 0 Å². The van der Waals surface area contributed by atoms with Crippen LogP contribution in [0.25, 0.3) is 0 Å². The summed E-state index contributed by atoms with van der Waals surface area (Å²) in [6.07, 6.45) is 36.4. The molecule has 0 aliphatic carbocycles. The van der Waals surface area contributed by atoms with Crippen LogP contribution in [0.4, 0.5) is 0 Å². The zero-order valence-electron chi connectivity index (χ0n) is 33.6. The van der Waals surface area contributed by atoms with Crippen molar-refractivity contribution in [1.82, 2.24) is 5.32 Å². The van der Waals surface area contributed by atoms with Gasteiger partial charge in [-0.3, -0.25) is 9.36 Å². The number of allylic oxidation sites excluding steroid dienone is 2. The summed E-state index contributed by atoms with van der Waals surface area (Å²) in [4.78, 5) is 25.2. The lowest BCUT2D eigenvalue weighted by Crippen LogP contribution is -2.46. The number of unbranched alkanes of at least 4 members (excludes halogenated alkanes) is 23. The first-order valence-electron chi connectivity index (χ1n) is 21.0. The highest BCUT2D eigenvalue weighted by Crippen LogP contribution is 2.38. The highest BCUT2D eigenvalue weighted by atomic mass is 31.2. The molecule has 1 amide bonds. The van der Waals surface area contributed by atoms with Crippen LogP contribution in [0.1, 0.15) is 194 Å². The molecule has 0 aliphatic rings. The lowest BCUT2D eigenvalue weighted by atomic mass is 10.0. The van der Waals surface area contributed by atoms with E-state index >= 15 is 0 Å². The maximum absolute atomic E-state index is 12.8. The van der Waals surface area contributed by atoms with Crippen molar-refractivity contribution in [2.24, 2.45) is 0 Å². The van der Waals surface area contributed by atoms with Gasteiger partial charge in [0.15, 0.2) is 0 Å². The number of phosphoric acid groups is 1. The Hall–Kier alpha value is -0.760. The highest BCUT2D eigenvalue weighted by molar-refractivity contribution is 7.45. The van der Waals surface area contributed by atoms with Crippen molar-refractivity contribution >= 4 is 13.7 Å². The van der Waals surface area contributed by atoms with Crippen molar-refractivity contribution in [2.45, 2.75) is 206 Å². The zero-order valence-corrected chi connectivity index (χ0v) is 34.5. The van der Waals surface area contributed by atoms with Gasteiger partial charge in [-0.25, -0.2) is 0 Å². The summed E-state index contributed by atoms with van der Waals surface area (Å²) in [6, 6.07) is -0.800. The first kappa shape index (κ1) is 49.2. The maximum atomic E-state index is 12.8. The number of aliphatic hydroxyl groups is 1. The van der Waals surface area contributed by atoms with E-state index in [4.69, 9.17) is 9.05 Å². The molecular formula is C41H83N2O6P. The van der Waals surface area contributed by atoms with E-state index in [1.54, 1.807) is 0 Å². The van der Waals surface area contributed by atoms with Crippen molar-refractivity contribution in [2.75, 3.05) is 40.9 Å². The normalized spacial score (nSPS) is 14.6. The number of amides is 1. The predicted octanol–water partition coefficient (Wildman–Crippen LogP) is 10.6. The van der Waals surface area contributed by atoms with Crippen LogP contribution < -0.4 is 10.2 Å². The van der Waals surface area contributed by atoms with E-state index in [-0.39, 0.29) is 19.1 Å². The van der Waals surface area contributed by atoms with Crippen LogP contribution in [0.2, 0.25) is 0 Å². The SMILES string of the molecule is CCCC/C=C\CCCCCCC(=O)NC(COP(=O)([O-])OCC[N+](C)(C)C)C(O)CCCCCCCCCCCCCCCCCCCC. The summed E-state index contributed by atoms with van der Waals surface area (Å²) >= 11 is 0. The van der Waals surface area contributed by atoms with Crippen LogP contribution in [0.5, 0.6) is 0 Å². The Morgan fingerprint density at radius 3 is 1.62 bits per heavy atom. The summed E-state index contributed by atoms with van der Waals surface area (Å²) in [5, 5.41) is 13.8. The molecule has 0 radical (unpaired) electrons. The fraction of sp³-hybridized carbons (Fsp3) is 0.927. The standard InChI is InChI=1S/C41H83N2O6P/c1-6-8-10-12-14-16-18-19-20-21-22-23-24-25-26-28-30-32-34-40(44)39(38-49-50(46,47)48-37-36-43(3,4)5)42-41(45)35-33-31-29-27-17-15-13-11-9-7-2/h13,15,39-40,44H,6-12,14,16-38H2,1-5H3,(H-,42,45,46,47)/b15-13-. The van der Waals surface area contributed by atoms with Gasteiger partial charge in [0.05, 0.1) is 39.9 Å². The molecule has 0 saturated carbocycles. The molecule has 3 unspecified atom stereocenters. The average molecular weight is 731 g/mol. The van der Waals surface area contributed by atoms with E-state index in [0.717, 1.165) is 57.8 Å². The highest BCUT2D eigenvalue weighted by Gasteiger charge is 2.24. The van der Waals surface area contributed by atoms with Gasteiger partial charge >= 0.3 is 0 Å². The van der Waals surface area contributed by atoms with Crippen molar-refractivity contribution < 1.29 is 32.9 Å². The molecule has 0 aromatic rings. The van der Waals surface area contributed by atoms with Crippen molar-refractivity contribution in [3.8, 4) is 0 Å². The fourth-order valence-electron chi connectivity index (χ4n) is 6.08. The molecule has 3 atom stereocenters. The number of rotatable bonds is 38.